The molecule has 2 aliphatic rings. The number of benzene rings is 2. The van der Waals surface area contributed by atoms with E-state index in [1.807, 2.05) is 62.4 Å². The van der Waals surface area contributed by atoms with Crippen molar-refractivity contribution in [1.29, 1.82) is 0 Å². The van der Waals surface area contributed by atoms with Crippen molar-refractivity contribution in [2.45, 2.75) is 51.2 Å². The molecule has 2 aliphatic heterocycles. The first kappa shape index (κ1) is 28.0. The Morgan fingerprint density at radius 3 is 2.39 bits per heavy atom. The molecule has 2 saturated heterocycles. The van der Waals surface area contributed by atoms with Crippen LogP contribution < -0.4 is 10.1 Å². The van der Waals surface area contributed by atoms with E-state index in [-0.39, 0.29) is 42.5 Å². The standard InChI is InChI=1S/C32H34N4O5/c1-21(2)17-26(34-32(40)41-25-12-10-24(11-13-25)23-8-4-3-5-9-23)31(39)35-16-14-27-30(35)28(37)20-36(27)29(38)18-22-7-6-15-33-19-22/h3-13,15,19,21,26-27,30H,14,16-18,20H2,1-2H3,(H,34,40). The summed E-state index contributed by atoms with van der Waals surface area (Å²) in [4.78, 5) is 59.9. The SMILES string of the molecule is CC(C)CC(NC(=O)Oc1ccc(-c2ccccc2)cc1)C(=O)N1CCC2C1C(=O)CN2C(=O)Cc1cccnc1. The number of nitrogens with zero attached hydrogens (tertiary/aromatic N) is 3. The molecule has 1 N–H and O–H groups in total. The van der Waals surface area contributed by atoms with Crippen LogP contribution in [0.2, 0.25) is 0 Å². The predicted molar refractivity (Wildman–Crippen MR) is 153 cm³/mol. The van der Waals surface area contributed by atoms with Crippen LogP contribution in [-0.4, -0.2) is 69.7 Å². The molecular weight excluding hydrogens is 520 g/mol. The highest BCUT2D eigenvalue weighted by atomic mass is 16.6. The van der Waals surface area contributed by atoms with Crippen molar-refractivity contribution in [2.75, 3.05) is 13.1 Å². The van der Waals surface area contributed by atoms with Crippen LogP contribution in [0.3, 0.4) is 0 Å². The van der Waals surface area contributed by atoms with Gasteiger partial charge in [-0.05, 0) is 53.6 Å². The van der Waals surface area contributed by atoms with Crippen molar-refractivity contribution in [3.63, 3.8) is 0 Å². The number of aromatic nitrogens is 1. The Balaban J connectivity index is 1.23. The number of rotatable bonds is 8. The van der Waals surface area contributed by atoms with Gasteiger partial charge < -0.3 is 19.9 Å². The van der Waals surface area contributed by atoms with Crippen molar-refractivity contribution < 1.29 is 23.9 Å². The van der Waals surface area contributed by atoms with Gasteiger partial charge in [-0.1, -0.05) is 62.4 Å². The van der Waals surface area contributed by atoms with Gasteiger partial charge >= 0.3 is 6.09 Å². The summed E-state index contributed by atoms with van der Waals surface area (Å²) in [5.41, 5.74) is 2.81. The minimum absolute atomic E-state index is 0.0263. The smallest absolute Gasteiger partial charge is 0.410 e. The molecule has 2 aromatic carbocycles. The summed E-state index contributed by atoms with van der Waals surface area (Å²) in [5, 5.41) is 2.73. The van der Waals surface area contributed by atoms with Crippen LogP contribution in [0.4, 0.5) is 4.79 Å². The Bertz CT molecular complexity index is 1390. The van der Waals surface area contributed by atoms with E-state index < -0.39 is 18.2 Å². The molecule has 0 aliphatic carbocycles. The molecule has 0 radical (unpaired) electrons. The number of carbonyl (C=O) groups excluding carboxylic acids is 4. The fraction of sp³-hybridized carbons (Fsp3) is 0.344. The van der Waals surface area contributed by atoms with Crippen LogP contribution in [0.5, 0.6) is 5.75 Å². The van der Waals surface area contributed by atoms with Crippen LogP contribution in [0.1, 0.15) is 32.3 Å². The summed E-state index contributed by atoms with van der Waals surface area (Å²) in [7, 11) is 0. The molecular formula is C32H34N4O5. The number of ketones is 1. The summed E-state index contributed by atoms with van der Waals surface area (Å²) in [6.07, 6.45) is 3.58. The molecule has 3 atom stereocenters. The number of Topliss-reactive ketones (excluding diaryl/α,β-unsaturated/α-hetero) is 1. The lowest BCUT2D eigenvalue weighted by Crippen LogP contribution is -2.53. The topological polar surface area (TPSA) is 109 Å². The number of fused-ring (bicyclic) bond motifs is 1. The van der Waals surface area contributed by atoms with Gasteiger partial charge in [0.2, 0.25) is 11.8 Å². The third-order valence-corrected chi connectivity index (χ3v) is 7.57. The summed E-state index contributed by atoms with van der Waals surface area (Å²) in [5.74, 6) is -0.202. The number of nitrogens with one attached hydrogen (secondary N) is 1. The van der Waals surface area contributed by atoms with Crippen molar-refractivity contribution in [1.82, 2.24) is 20.1 Å². The molecule has 9 nitrogen and oxygen atoms in total. The first-order chi connectivity index (χ1) is 19.8. The van der Waals surface area contributed by atoms with E-state index in [9.17, 15) is 19.2 Å². The zero-order valence-corrected chi connectivity index (χ0v) is 23.2. The maximum atomic E-state index is 13.7. The Labute approximate surface area is 239 Å². The van der Waals surface area contributed by atoms with Crippen LogP contribution in [0, 0.1) is 5.92 Å². The fourth-order valence-corrected chi connectivity index (χ4v) is 5.69. The number of carbonyl (C=O) groups is 4. The quantitative estimate of drug-likeness (QED) is 0.453. The van der Waals surface area contributed by atoms with Crippen LogP contribution in [0.15, 0.2) is 79.1 Å². The van der Waals surface area contributed by atoms with Gasteiger partial charge in [0, 0.05) is 18.9 Å². The van der Waals surface area contributed by atoms with E-state index >= 15 is 0 Å². The first-order valence-electron chi connectivity index (χ1n) is 14.0. The number of likely N-dealkylation sites (tertiary alicyclic amines) is 2. The third-order valence-electron chi connectivity index (χ3n) is 7.57. The number of amides is 3. The fourth-order valence-electron chi connectivity index (χ4n) is 5.69. The average molecular weight is 555 g/mol. The number of hydrogen-bond acceptors (Lipinski definition) is 6. The Hall–Kier alpha value is -4.53. The molecule has 3 aromatic rings. The van der Waals surface area contributed by atoms with Crippen LogP contribution in [0.25, 0.3) is 11.1 Å². The predicted octanol–water partition coefficient (Wildman–Crippen LogP) is 3.88. The zero-order valence-electron chi connectivity index (χ0n) is 23.2. The van der Waals surface area contributed by atoms with Gasteiger partial charge in [-0.2, -0.15) is 0 Å². The molecule has 9 heteroatoms. The molecule has 1 aromatic heterocycles. The van der Waals surface area contributed by atoms with Gasteiger partial charge in [-0.15, -0.1) is 0 Å². The van der Waals surface area contributed by atoms with Crippen LogP contribution >= 0.6 is 0 Å². The number of ether oxygens (including phenoxy) is 1. The largest absolute Gasteiger partial charge is 0.413 e. The van der Waals surface area contributed by atoms with Gasteiger partial charge in [0.05, 0.1) is 19.0 Å². The molecule has 212 valence electrons. The average Bonchev–Trinajstić information content (AvgIpc) is 3.55. The maximum Gasteiger partial charge on any atom is 0.413 e. The number of pyridine rings is 1. The highest BCUT2D eigenvalue weighted by Crippen LogP contribution is 2.31. The molecule has 3 amide bonds. The van der Waals surface area contributed by atoms with Crippen molar-refractivity contribution >= 4 is 23.7 Å². The summed E-state index contributed by atoms with van der Waals surface area (Å²) in [6.45, 7) is 4.23. The molecule has 3 heterocycles. The lowest BCUT2D eigenvalue weighted by atomic mass is 10.0. The van der Waals surface area contributed by atoms with Crippen molar-refractivity contribution in [3.05, 3.63) is 84.7 Å². The van der Waals surface area contributed by atoms with E-state index in [1.165, 1.54) is 4.90 Å². The van der Waals surface area contributed by atoms with E-state index in [0.29, 0.717) is 25.1 Å². The highest BCUT2D eigenvalue weighted by molar-refractivity contribution is 5.99. The second-order valence-corrected chi connectivity index (χ2v) is 11.0. The minimum atomic E-state index is -0.863. The highest BCUT2D eigenvalue weighted by Gasteiger charge is 2.52. The van der Waals surface area contributed by atoms with Gasteiger partial charge in [-0.3, -0.25) is 19.4 Å². The second kappa shape index (κ2) is 12.3. The maximum absolute atomic E-state index is 13.7. The molecule has 0 spiro atoms. The monoisotopic (exact) mass is 554 g/mol. The zero-order chi connectivity index (χ0) is 28.9. The summed E-state index contributed by atoms with van der Waals surface area (Å²) in [6, 6.07) is 18.7. The molecule has 2 fully saturated rings. The van der Waals surface area contributed by atoms with Crippen molar-refractivity contribution in [3.8, 4) is 16.9 Å². The van der Waals surface area contributed by atoms with Gasteiger partial charge in [0.1, 0.15) is 17.8 Å². The number of hydrogen-bond donors (Lipinski definition) is 1. The Kier molecular flexibility index (Phi) is 8.42. The third kappa shape index (κ3) is 6.45. The van der Waals surface area contributed by atoms with E-state index in [1.54, 1.807) is 35.5 Å². The first-order valence-corrected chi connectivity index (χ1v) is 14.0. The molecule has 41 heavy (non-hydrogen) atoms. The van der Waals surface area contributed by atoms with Crippen molar-refractivity contribution in [2.24, 2.45) is 5.92 Å². The van der Waals surface area contributed by atoms with Gasteiger partial charge in [0.25, 0.3) is 0 Å². The second-order valence-electron chi connectivity index (χ2n) is 11.0. The van der Waals surface area contributed by atoms with E-state index in [0.717, 1.165) is 16.7 Å². The van der Waals surface area contributed by atoms with E-state index in [2.05, 4.69) is 10.3 Å². The summed E-state index contributed by atoms with van der Waals surface area (Å²) < 4.78 is 5.50. The van der Waals surface area contributed by atoms with E-state index in [4.69, 9.17) is 4.74 Å². The lowest BCUT2D eigenvalue weighted by molar-refractivity contribution is -0.138. The lowest BCUT2D eigenvalue weighted by Gasteiger charge is -2.29. The van der Waals surface area contributed by atoms with Gasteiger partial charge in [-0.25, -0.2) is 4.79 Å². The minimum Gasteiger partial charge on any atom is -0.410 e. The molecule has 0 bridgehead atoms. The molecule has 3 unspecified atom stereocenters. The Morgan fingerprint density at radius 2 is 1.71 bits per heavy atom. The molecule has 5 rings (SSSR count). The normalized spacial score (nSPS) is 18.8. The Morgan fingerprint density at radius 1 is 0.976 bits per heavy atom. The molecule has 0 saturated carbocycles. The van der Waals surface area contributed by atoms with Gasteiger partial charge in [0.15, 0.2) is 5.78 Å². The van der Waals surface area contributed by atoms with Crippen LogP contribution in [-0.2, 0) is 20.8 Å². The summed E-state index contributed by atoms with van der Waals surface area (Å²) >= 11 is 0.